The highest BCUT2D eigenvalue weighted by Crippen LogP contribution is 2.23. The highest BCUT2D eigenvalue weighted by atomic mass is 16.3. The monoisotopic (exact) mass is 364 g/mol. The fraction of sp³-hybridized carbons (Fsp3) is 0.381. The number of pyridine rings is 1. The summed E-state index contributed by atoms with van der Waals surface area (Å²) < 4.78 is 1.99. The average Bonchev–Trinajstić information content (AvgIpc) is 3.11. The van der Waals surface area contributed by atoms with E-state index in [9.17, 15) is 9.90 Å². The largest absolute Gasteiger partial charge is 0.396 e. The van der Waals surface area contributed by atoms with Gasteiger partial charge in [0.2, 0.25) is 0 Å². The van der Waals surface area contributed by atoms with E-state index in [1.807, 2.05) is 33.7 Å². The third kappa shape index (κ3) is 3.71. The van der Waals surface area contributed by atoms with Crippen LogP contribution in [0.2, 0.25) is 0 Å². The Morgan fingerprint density at radius 2 is 2.04 bits per heavy atom. The number of carbonyl (C=O) groups is 1. The number of aliphatic hydroxyl groups excluding tert-OH is 1. The molecule has 1 aliphatic rings. The maximum atomic E-state index is 13.0. The molecule has 2 aromatic heterocycles. The molecule has 1 amide bonds. The van der Waals surface area contributed by atoms with Crippen LogP contribution in [0, 0.1) is 0 Å². The topological polar surface area (TPSA) is 71.2 Å². The quantitative estimate of drug-likeness (QED) is 0.756. The number of hydrogen-bond acceptors (Lipinski definition) is 4. The van der Waals surface area contributed by atoms with E-state index in [0.717, 1.165) is 37.0 Å². The minimum atomic E-state index is -0.0137. The lowest BCUT2D eigenvalue weighted by atomic mass is 9.98. The predicted octanol–water partition coefficient (Wildman–Crippen LogP) is 2.86. The molecule has 1 aliphatic heterocycles. The second kappa shape index (κ2) is 7.88. The number of amides is 1. The van der Waals surface area contributed by atoms with Gasteiger partial charge in [0.05, 0.1) is 18.4 Å². The molecule has 0 aliphatic carbocycles. The van der Waals surface area contributed by atoms with Gasteiger partial charge >= 0.3 is 0 Å². The third-order valence-electron chi connectivity index (χ3n) is 5.25. The van der Waals surface area contributed by atoms with Crippen LogP contribution in [-0.2, 0) is 6.54 Å². The minimum absolute atomic E-state index is 0.0137. The van der Waals surface area contributed by atoms with E-state index in [2.05, 4.69) is 22.1 Å². The first-order valence-electron chi connectivity index (χ1n) is 9.53. The highest BCUT2D eigenvalue weighted by Gasteiger charge is 2.27. The number of imidazole rings is 1. The van der Waals surface area contributed by atoms with Gasteiger partial charge < -0.3 is 14.6 Å². The van der Waals surface area contributed by atoms with Crippen LogP contribution in [0.3, 0.4) is 0 Å². The van der Waals surface area contributed by atoms with E-state index < -0.39 is 0 Å². The summed E-state index contributed by atoms with van der Waals surface area (Å²) in [6.07, 6.45) is 7.12. The lowest BCUT2D eigenvalue weighted by Crippen LogP contribution is -2.44. The van der Waals surface area contributed by atoms with Crippen molar-refractivity contribution in [3.63, 3.8) is 0 Å². The third-order valence-corrected chi connectivity index (χ3v) is 5.25. The second-order valence-electron chi connectivity index (χ2n) is 7.09. The maximum Gasteiger partial charge on any atom is 0.255 e. The number of aliphatic hydroxyl groups is 1. The Bertz CT molecular complexity index is 920. The number of benzene rings is 1. The molecule has 6 nitrogen and oxygen atoms in total. The van der Waals surface area contributed by atoms with Crippen LogP contribution in [0.4, 0.5) is 0 Å². The molecule has 1 fully saturated rings. The molecule has 1 unspecified atom stereocenters. The zero-order valence-corrected chi connectivity index (χ0v) is 15.3. The van der Waals surface area contributed by atoms with E-state index >= 15 is 0 Å². The van der Waals surface area contributed by atoms with Crippen LogP contribution < -0.4 is 0 Å². The predicted molar refractivity (Wildman–Crippen MR) is 103 cm³/mol. The van der Waals surface area contributed by atoms with Crippen molar-refractivity contribution < 1.29 is 9.90 Å². The van der Waals surface area contributed by atoms with E-state index in [0.29, 0.717) is 18.5 Å². The van der Waals surface area contributed by atoms with Crippen LogP contribution in [0.5, 0.6) is 0 Å². The van der Waals surface area contributed by atoms with Crippen molar-refractivity contribution >= 4 is 17.1 Å². The molecule has 1 atom stereocenters. The van der Waals surface area contributed by atoms with Gasteiger partial charge in [-0.25, -0.2) is 9.97 Å². The van der Waals surface area contributed by atoms with E-state index in [1.54, 1.807) is 12.5 Å². The normalized spacial score (nSPS) is 17.4. The summed E-state index contributed by atoms with van der Waals surface area (Å²) in [6, 6.07) is 12.1. The zero-order valence-electron chi connectivity index (χ0n) is 15.3. The van der Waals surface area contributed by atoms with Crippen molar-refractivity contribution in [2.75, 3.05) is 13.2 Å². The molecule has 1 N–H and O–H groups in total. The van der Waals surface area contributed by atoms with Crippen LogP contribution in [-0.4, -0.2) is 49.6 Å². The van der Waals surface area contributed by atoms with Gasteiger partial charge in [0.15, 0.2) is 5.65 Å². The maximum absolute atomic E-state index is 13.0. The summed E-state index contributed by atoms with van der Waals surface area (Å²) >= 11 is 0. The zero-order chi connectivity index (χ0) is 18.6. The van der Waals surface area contributed by atoms with Gasteiger partial charge in [-0.1, -0.05) is 30.3 Å². The summed E-state index contributed by atoms with van der Waals surface area (Å²) in [7, 11) is 0. The summed E-state index contributed by atoms with van der Waals surface area (Å²) in [5.41, 5.74) is 3.25. The van der Waals surface area contributed by atoms with Gasteiger partial charge in [0.25, 0.3) is 5.91 Å². The number of hydrogen-bond donors (Lipinski definition) is 1. The van der Waals surface area contributed by atoms with E-state index in [1.165, 1.54) is 5.56 Å². The van der Waals surface area contributed by atoms with Gasteiger partial charge in [-0.3, -0.25) is 4.79 Å². The van der Waals surface area contributed by atoms with Gasteiger partial charge in [-0.15, -0.1) is 0 Å². The fourth-order valence-electron chi connectivity index (χ4n) is 3.84. The molecular formula is C21H24N4O2. The Hall–Kier alpha value is -2.73. The van der Waals surface area contributed by atoms with Crippen molar-refractivity contribution in [2.24, 2.45) is 0 Å². The molecule has 140 valence electrons. The number of piperidine rings is 1. The van der Waals surface area contributed by atoms with Gasteiger partial charge in [-0.05, 0) is 37.3 Å². The number of nitrogens with zero attached hydrogens (tertiary/aromatic N) is 4. The molecule has 27 heavy (non-hydrogen) atoms. The van der Waals surface area contributed by atoms with Crippen LogP contribution in [0.25, 0.3) is 11.2 Å². The van der Waals surface area contributed by atoms with Crippen LogP contribution >= 0.6 is 0 Å². The summed E-state index contributed by atoms with van der Waals surface area (Å²) in [5, 5.41) is 9.29. The summed E-state index contributed by atoms with van der Waals surface area (Å²) in [6.45, 7) is 1.54. The number of fused-ring (bicyclic) bond motifs is 1. The first kappa shape index (κ1) is 17.7. The average molecular weight is 364 g/mol. The van der Waals surface area contributed by atoms with Crippen LogP contribution in [0.1, 0.15) is 41.6 Å². The van der Waals surface area contributed by atoms with E-state index in [4.69, 9.17) is 0 Å². The van der Waals surface area contributed by atoms with Crippen molar-refractivity contribution in [1.82, 2.24) is 19.4 Å². The van der Waals surface area contributed by atoms with Gasteiger partial charge in [-0.2, -0.15) is 0 Å². The second-order valence-corrected chi connectivity index (χ2v) is 7.09. The SMILES string of the molecule is O=C(c1cnc2c(c1)ncn2Cc1ccccc1)N1CCCCC1CCO. The van der Waals surface area contributed by atoms with Crippen LogP contribution in [0.15, 0.2) is 48.9 Å². The summed E-state index contributed by atoms with van der Waals surface area (Å²) in [5.74, 6) is -0.0137. The lowest BCUT2D eigenvalue weighted by Gasteiger charge is -2.35. The molecule has 6 heteroatoms. The smallest absolute Gasteiger partial charge is 0.255 e. The van der Waals surface area contributed by atoms with Gasteiger partial charge in [0.1, 0.15) is 5.52 Å². The number of aromatic nitrogens is 3. The Morgan fingerprint density at radius 1 is 1.19 bits per heavy atom. The molecular weight excluding hydrogens is 340 g/mol. The van der Waals surface area contributed by atoms with Crippen molar-refractivity contribution in [1.29, 1.82) is 0 Å². The standard InChI is InChI=1S/C21H24N4O2/c26-11-9-18-8-4-5-10-25(18)21(27)17-12-19-20(22-13-17)24(15-23-19)14-16-6-2-1-3-7-16/h1-3,6-7,12-13,15,18,26H,4-5,8-11,14H2. The Morgan fingerprint density at radius 3 is 2.85 bits per heavy atom. The Kier molecular flexibility index (Phi) is 5.16. The summed E-state index contributed by atoms with van der Waals surface area (Å²) in [4.78, 5) is 23.9. The molecule has 1 aromatic carbocycles. The minimum Gasteiger partial charge on any atom is -0.396 e. The first-order chi connectivity index (χ1) is 13.3. The molecule has 3 aromatic rings. The Balaban J connectivity index is 1.57. The first-order valence-corrected chi connectivity index (χ1v) is 9.53. The molecule has 0 saturated carbocycles. The molecule has 0 radical (unpaired) electrons. The highest BCUT2D eigenvalue weighted by molar-refractivity contribution is 5.96. The number of carbonyl (C=O) groups excluding carboxylic acids is 1. The van der Waals surface area contributed by atoms with Crippen molar-refractivity contribution in [3.8, 4) is 0 Å². The fourth-order valence-corrected chi connectivity index (χ4v) is 3.84. The molecule has 0 bridgehead atoms. The number of rotatable bonds is 5. The molecule has 1 saturated heterocycles. The lowest BCUT2D eigenvalue weighted by molar-refractivity contribution is 0.0574. The molecule has 3 heterocycles. The van der Waals surface area contributed by atoms with Crippen molar-refractivity contribution in [2.45, 2.75) is 38.3 Å². The Labute approximate surface area is 158 Å². The van der Waals surface area contributed by atoms with Crippen molar-refractivity contribution in [3.05, 3.63) is 60.0 Å². The molecule has 4 rings (SSSR count). The number of likely N-dealkylation sites (tertiary alicyclic amines) is 1. The van der Waals surface area contributed by atoms with E-state index in [-0.39, 0.29) is 18.6 Å². The van der Waals surface area contributed by atoms with Gasteiger partial charge in [0, 0.05) is 25.4 Å². The molecule has 0 spiro atoms.